The van der Waals surface area contributed by atoms with Gasteiger partial charge in [-0.25, -0.2) is 4.98 Å². The van der Waals surface area contributed by atoms with Crippen LogP contribution in [0.3, 0.4) is 0 Å². The van der Waals surface area contributed by atoms with Gasteiger partial charge in [0.1, 0.15) is 5.69 Å². The molecule has 4 N–H and O–H groups in total. The number of nitrogens with zero attached hydrogens (tertiary/aromatic N) is 4. The average Bonchev–Trinajstić information content (AvgIpc) is 3.43. The van der Waals surface area contributed by atoms with Crippen LogP contribution in [-0.2, 0) is 13.1 Å². The number of carbonyl (C=O) groups is 3. The molecule has 0 radical (unpaired) electrons. The fraction of sp³-hybridized carbons (Fsp3) is 0.269. The van der Waals surface area contributed by atoms with Gasteiger partial charge in [0.15, 0.2) is 0 Å². The van der Waals surface area contributed by atoms with Crippen LogP contribution >= 0.6 is 0 Å². The lowest BCUT2D eigenvalue weighted by Crippen LogP contribution is -2.24. The number of rotatable bonds is 10. The number of nitrogens with two attached hydrogens (primary N) is 1. The molecule has 4 aromatic rings. The molecule has 0 bridgehead atoms. The number of imidazole rings is 1. The van der Waals surface area contributed by atoms with Gasteiger partial charge < -0.3 is 15.6 Å². The standard InChI is InChI=1S/C26H29N7O3/c1-3-33-22(15-17(2)31-33)25(36)30-26-29-20-16-19(23(27)34)11-12-21(20)32(26)14-8-7-13-28-24(35)18-9-5-4-6-10-18/h4-6,9-12,15-16H,3,7-8,13-14H2,1-2H3,(H2,27,34)(H,28,35)(H,29,30,36). The van der Waals surface area contributed by atoms with Crippen molar-refractivity contribution in [3.63, 3.8) is 0 Å². The van der Waals surface area contributed by atoms with Crippen LogP contribution in [0.4, 0.5) is 5.95 Å². The summed E-state index contributed by atoms with van der Waals surface area (Å²) >= 11 is 0. The zero-order chi connectivity index (χ0) is 25.7. The van der Waals surface area contributed by atoms with Gasteiger partial charge in [0.05, 0.1) is 16.7 Å². The molecule has 0 saturated heterocycles. The summed E-state index contributed by atoms with van der Waals surface area (Å²) in [5, 5.41) is 10.2. The number of carbonyl (C=O) groups excluding carboxylic acids is 3. The highest BCUT2D eigenvalue weighted by Crippen LogP contribution is 2.23. The summed E-state index contributed by atoms with van der Waals surface area (Å²) < 4.78 is 3.54. The van der Waals surface area contributed by atoms with Gasteiger partial charge in [-0.2, -0.15) is 5.10 Å². The molecule has 0 aliphatic rings. The van der Waals surface area contributed by atoms with E-state index in [-0.39, 0.29) is 11.8 Å². The van der Waals surface area contributed by atoms with E-state index in [1.807, 2.05) is 36.6 Å². The lowest BCUT2D eigenvalue weighted by atomic mass is 10.2. The van der Waals surface area contributed by atoms with Crippen LogP contribution in [0.1, 0.15) is 56.7 Å². The van der Waals surface area contributed by atoms with Gasteiger partial charge in [0.2, 0.25) is 11.9 Å². The van der Waals surface area contributed by atoms with Crippen molar-refractivity contribution < 1.29 is 14.4 Å². The zero-order valence-corrected chi connectivity index (χ0v) is 20.3. The fourth-order valence-electron chi connectivity index (χ4n) is 4.03. The monoisotopic (exact) mass is 487 g/mol. The number of fused-ring (bicyclic) bond motifs is 1. The van der Waals surface area contributed by atoms with Crippen molar-refractivity contribution in [1.29, 1.82) is 0 Å². The Balaban J connectivity index is 1.49. The number of nitrogens with one attached hydrogen (secondary N) is 2. The maximum Gasteiger partial charge on any atom is 0.276 e. The molecular formula is C26H29N7O3. The number of primary amides is 1. The van der Waals surface area contributed by atoms with Gasteiger partial charge in [0, 0.05) is 30.8 Å². The van der Waals surface area contributed by atoms with E-state index in [4.69, 9.17) is 5.73 Å². The van der Waals surface area contributed by atoms with Gasteiger partial charge in [-0.15, -0.1) is 0 Å². The molecule has 0 saturated carbocycles. The second-order valence-corrected chi connectivity index (χ2v) is 8.42. The molecule has 0 unspecified atom stereocenters. The number of amides is 3. The summed E-state index contributed by atoms with van der Waals surface area (Å²) in [7, 11) is 0. The Bertz CT molecular complexity index is 1410. The van der Waals surface area contributed by atoms with Crippen molar-refractivity contribution >= 4 is 34.7 Å². The molecule has 2 heterocycles. The molecule has 4 rings (SSSR count). The van der Waals surface area contributed by atoms with Gasteiger partial charge in [-0.3, -0.25) is 24.4 Å². The zero-order valence-electron chi connectivity index (χ0n) is 20.3. The summed E-state index contributed by atoms with van der Waals surface area (Å²) in [5.41, 5.74) is 8.91. The van der Waals surface area contributed by atoms with E-state index in [1.165, 1.54) is 0 Å². The number of aromatic nitrogens is 4. The summed E-state index contributed by atoms with van der Waals surface area (Å²) in [6.45, 7) is 5.38. The minimum Gasteiger partial charge on any atom is -0.366 e. The van der Waals surface area contributed by atoms with E-state index in [0.29, 0.717) is 47.9 Å². The number of hydrogen-bond donors (Lipinski definition) is 3. The smallest absolute Gasteiger partial charge is 0.276 e. The predicted molar refractivity (Wildman–Crippen MR) is 137 cm³/mol. The predicted octanol–water partition coefficient (Wildman–Crippen LogP) is 3.12. The van der Waals surface area contributed by atoms with Crippen LogP contribution in [0.5, 0.6) is 0 Å². The van der Waals surface area contributed by atoms with Crippen molar-refractivity contribution in [2.45, 2.75) is 39.8 Å². The SMILES string of the molecule is CCn1nc(C)cc1C(=O)Nc1nc2cc(C(N)=O)ccc2n1CCCCNC(=O)c1ccccc1. The Labute approximate surface area is 208 Å². The fourth-order valence-corrected chi connectivity index (χ4v) is 4.03. The molecular weight excluding hydrogens is 458 g/mol. The maximum absolute atomic E-state index is 13.1. The topological polar surface area (TPSA) is 137 Å². The number of hydrogen-bond acceptors (Lipinski definition) is 5. The summed E-state index contributed by atoms with van der Waals surface area (Å²) in [6, 6.07) is 15.8. The Morgan fingerprint density at radius 2 is 1.75 bits per heavy atom. The minimum atomic E-state index is -0.548. The van der Waals surface area contributed by atoms with Gasteiger partial charge >= 0.3 is 0 Å². The van der Waals surface area contributed by atoms with Crippen molar-refractivity contribution in [1.82, 2.24) is 24.6 Å². The highest BCUT2D eigenvalue weighted by molar-refractivity contribution is 6.03. The Hall–Kier alpha value is -4.47. The first kappa shape index (κ1) is 24.6. The van der Waals surface area contributed by atoms with E-state index >= 15 is 0 Å². The molecule has 186 valence electrons. The van der Waals surface area contributed by atoms with E-state index in [9.17, 15) is 14.4 Å². The molecule has 2 aromatic carbocycles. The van der Waals surface area contributed by atoms with Gasteiger partial charge in [-0.1, -0.05) is 18.2 Å². The number of unbranched alkanes of at least 4 members (excludes halogenated alkanes) is 1. The van der Waals surface area contributed by atoms with E-state index in [1.54, 1.807) is 41.1 Å². The third-order valence-electron chi connectivity index (χ3n) is 5.82. The first-order valence-corrected chi connectivity index (χ1v) is 11.9. The average molecular weight is 488 g/mol. The number of aryl methyl sites for hydroxylation is 3. The maximum atomic E-state index is 13.1. The third-order valence-corrected chi connectivity index (χ3v) is 5.82. The summed E-state index contributed by atoms with van der Waals surface area (Å²) in [6.07, 6.45) is 1.46. The largest absolute Gasteiger partial charge is 0.366 e. The van der Waals surface area contributed by atoms with Crippen LogP contribution in [0.15, 0.2) is 54.6 Å². The summed E-state index contributed by atoms with van der Waals surface area (Å²) in [4.78, 5) is 41.5. The lowest BCUT2D eigenvalue weighted by Gasteiger charge is -2.11. The van der Waals surface area contributed by atoms with Gasteiger partial charge in [-0.05, 0) is 63.1 Å². The van der Waals surface area contributed by atoms with Crippen LogP contribution in [0.25, 0.3) is 11.0 Å². The lowest BCUT2D eigenvalue weighted by molar-refractivity contribution is 0.0950. The van der Waals surface area contributed by atoms with E-state index in [0.717, 1.165) is 24.1 Å². The molecule has 10 nitrogen and oxygen atoms in total. The van der Waals surface area contributed by atoms with Crippen molar-refractivity contribution in [2.75, 3.05) is 11.9 Å². The first-order valence-electron chi connectivity index (χ1n) is 11.9. The van der Waals surface area contributed by atoms with E-state index in [2.05, 4.69) is 20.7 Å². The molecule has 0 aliphatic heterocycles. The molecule has 0 atom stereocenters. The number of benzene rings is 2. The molecule has 36 heavy (non-hydrogen) atoms. The normalized spacial score (nSPS) is 10.9. The Morgan fingerprint density at radius 1 is 0.972 bits per heavy atom. The Morgan fingerprint density at radius 3 is 2.47 bits per heavy atom. The van der Waals surface area contributed by atoms with Crippen molar-refractivity contribution in [3.05, 3.63) is 77.1 Å². The third kappa shape index (κ3) is 5.43. The van der Waals surface area contributed by atoms with E-state index < -0.39 is 5.91 Å². The highest BCUT2D eigenvalue weighted by Gasteiger charge is 2.18. The molecule has 2 aromatic heterocycles. The highest BCUT2D eigenvalue weighted by atomic mass is 16.2. The van der Waals surface area contributed by atoms with Crippen LogP contribution in [0, 0.1) is 6.92 Å². The second-order valence-electron chi connectivity index (χ2n) is 8.42. The molecule has 0 fully saturated rings. The van der Waals surface area contributed by atoms with Gasteiger partial charge in [0.25, 0.3) is 11.8 Å². The second kappa shape index (κ2) is 10.9. The van der Waals surface area contributed by atoms with Crippen LogP contribution in [-0.4, -0.2) is 43.6 Å². The summed E-state index contributed by atoms with van der Waals surface area (Å²) in [5.74, 6) is -0.613. The van der Waals surface area contributed by atoms with Crippen LogP contribution in [0.2, 0.25) is 0 Å². The molecule has 10 heteroatoms. The minimum absolute atomic E-state index is 0.113. The molecule has 0 aliphatic carbocycles. The Kier molecular flexibility index (Phi) is 7.43. The molecule has 0 spiro atoms. The number of anilines is 1. The van der Waals surface area contributed by atoms with Crippen LogP contribution < -0.4 is 16.4 Å². The first-order chi connectivity index (χ1) is 17.4. The van der Waals surface area contributed by atoms with Crippen molar-refractivity contribution in [3.8, 4) is 0 Å². The quantitative estimate of drug-likeness (QED) is 0.295. The van der Waals surface area contributed by atoms with Crippen molar-refractivity contribution in [2.24, 2.45) is 5.73 Å². The molecule has 3 amide bonds.